The molecular formula is C20H25N3O5S. The molecule has 156 valence electrons. The molecule has 0 aliphatic carbocycles. The first kappa shape index (κ1) is 21.2. The minimum Gasteiger partial charge on any atom is -0.482 e. The lowest BCUT2D eigenvalue weighted by molar-refractivity contribution is -0.118. The molecule has 0 radical (unpaired) electrons. The van der Waals surface area contributed by atoms with Crippen LogP contribution in [0.3, 0.4) is 0 Å². The lowest BCUT2D eigenvalue weighted by Gasteiger charge is -2.29. The smallest absolute Gasteiger partial charge is 0.262 e. The summed E-state index contributed by atoms with van der Waals surface area (Å²) in [7, 11) is -2.28. The normalized spacial score (nSPS) is 14.8. The summed E-state index contributed by atoms with van der Waals surface area (Å²) in [6.07, 6.45) is 2.19. The van der Waals surface area contributed by atoms with E-state index < -0.39 is 16.1 Å². The Labute approximate surface area is 170 Å². The van der Waals surface area contributed by atoms with Gasteiger partial charge in [0.15, 0.2) is 6.61 Å². The molecule has 1 amide bonds. The lowest BCUT2D eigenvalue weighted by atomic mass is 10.2. The van der Waals surface area contributed by atoms with E-state index in [4.69, 9.17) is 9.47 Å². The first-order chi connectivity index (χ1) is 13.8. The molecule has 1 aromatic carbocycles. The molecule has 0 unspecified atom stereocenters. The summed E-state index contributed by atoms with van der Waals surface area (Å²) in [6, 6.07) is 8.07. The molecule has 3 rings (SSSR count). The predicted octanol–water partition coefficient (Wildman–Crippen LogP) is 2.51. The highest BCUT2D eigenvalue weighted by molar-refractivity contribution is 7.89. The maximum Gasteiger partial charge on any atom is 0.262 e. The van der Waals surface area contributed by atoms with Gasteiger partial charge in [-0.15, -0.1) is 0 Å². The van der Waals surface area contributed by atoms with Crippen molar-refractivity contribution in [2.24, 2.45) is 0 Å². The molecule has 0 fully saturated rings. The Kier molecular flexibility index (Phi) is 6.51. The number of fused-ring (bicyclic) bond motifs is 1. The minimum absolute atomic E-state index is 0.141. The van der Waals surface area contributed by atoms with Crippen LogP contribution < -0.4 is 10.1 Å². The summed E-state index contributed by atoms with van der Waals surface area (Å²) < 4.78 is 39.2. The number of anilines is 1. The maximum atomic E-state index is 13.6. The standard InChI is InChI=1S/C20H25N3O5S/c1-14-11-17-18(28-13-20(24)22-17)12-19(14)29(25,26)23(9-6-10-27-3)15(2)16-7-4-5-8-21-16/h4-5,7-8,11-12,15H,6,9-10,13H2,1-3H3,(H,22,24)/t15-/m1/s1. The Morgan fingerprint density at radius 1 is 1.34 bits per heavy atom. The fourth-order valence-electron chi connectivity index (χ4n) is 3.28. The molecule has 0 saturated heterocycles. The van der Waals surface area contributed by atoms with Gasteiger partial charge < -0.3 is 14.8 Å². The van der Waals surface area contributed by atoms with Crippen LogP contribution in [0, 0.1) is 6.92 Å². The number of ether oxygens (including phenoxy) is 2. The molecule has 1 N–H and O–H groups in total. The summed E-state index contributed by atoms with van der Waals surface area (Å²) >= 11 is 0. The fourth-order valence-corrected chi connectivity index (χ4v) is 5.15. The van der Waals surface area contributed by atoms with Gasteiger partial charge in [0.05, 0.1) is 22.3 Å². The SMILES string of the molecule is COCCCN([C@H](C)c1ccccn1)S(=O)(=O)c1cc2c(cc1C)NC(=O)CO2. The van der Waals surface area contributed by atoms with Crippen LogP contribution in [0.2, 0.25) is 0 Å². The molecule has 8 nitrogen and oxygen atoms in total. The zero-order chi connectivity index (χ0) is 21.0. The number of aromatic nitrogens is 1. The lowest BCUT2D eigenvalue weighted by Crippen LogP contribution is -2.36. The average Bonchev–Trinajstić information content (AvgIpc) is 2.70. The van der Waals surface area contributed by atoms with Gasteiger partial charge in [-0.25, -0.2) is 8.42 Å². The van der Waals surface area contributed by atoms with E-state index in [9.17, 15) is 13.2 Å². The number of nitrogens with one attached hydrogen (secondary N) is 1. The molecule has 29 heavy (non-hydrogen) atoms. The van der Waals surface area contributed by atoms with Crippen molar-refractivity contribution in [3.63, 3.8) is 0 Å². The Morgan fingerprint density at radius 2 is 2.14 bits per heavy atom. The van der Waals surface area contributed by atoms with Crippen LogP contribution in [0.4, 0.5) is 5.69 Å². The van der Waals surface area contributed by atoms with Gasteiger partial charge in [0.2, 0.25) is 10.0 Å². The number of sulfonamides is 1. The van der Waals surface area contributed by atoms with Gasteiger partial charge in [-0.2, -0.15) is 4.31 Å². The number of rotatable bonds is 8. The number of methoxy groups -OCH3 is 1. The Bertz CT molecular complexity index is 979. The molecule has 0 bridgehead atoms. The van der Waals surface area contributed by atoms with Crippen molar-refractivity contribution < 1.29 is 22.7 Å². The number of pyridine rings is 1. The van der Waals surface area contributed by atoms with Crippen molar-refractivity contribution in [1.29, 1.82) is 0 Å². The van der Waals surface area contributed by atoms with Crippen LogP contribution in [-0.2, 0) is 19.6 Å². The number of carbonyl (C=O) groups excluding carboxylic acids is 1. The largest absolute Gasteiger partial charge is 0.482 e. The fraction of sp³-hybridized carbons (Fsp3) is 0.400. The van der Waals surface area contributed by atoms with Crippen LogP contribution in [0.25, 0.3) is 0 Å². The number of hydrogen-bond acceptors (Lipinski definition) is 6. The molecule has 9 heteroatoms. The summed E-state index contributed by atoms with van der Waals surface area (Å²) in [4.78, 5) is 16.0. The van der Waals surface area contributed by atoms with E-state index >= 15 is 0 Å². The number of benzene rings is 1. The zero-order valence-electron chi connectivity index (χ0n) is 16.7. The molecular weight excluding hydrogens is 394 g/mol. The van der Waals surface area contributed by atoms with Crippen LogP contribution in [0.5, 0.6) is 5.75 Å². The summed E-state index contributed by atoms with van der Waals surface area (Å²) in [5, 5.41) is 2.70. The van der Waals surface area contributed by atoms with Gasteiger partial charge in [0.1, 0.15) is 5.75 Å². The summed E-state index contributed by atoms with van der Waals surface area (Å²) in [6.45, 7) is 4.10. The molecule has 1 atom stereocenters. The second-order valence-electron chi connectivity index (χ2n) is 6.84. The van der Waals surface area contributed by atoms with Crippen LogP contribution in [-0.4, -0.2) is 50.5 Å². The van der Waals surface area contributed by atoms with E-state index in [1.165, 1.54) is 10.4 Å². The van der Waals surface area contributed by atoms with Crippen LogP contribution in [0.1, 0.15) is 30.6 Å². The van der Waals surface area contributed by atoms with Gasteiger partial charge in [0, 0.05) is 32.5 Å². The molecule has 0 saturated carbocycles. The van der Waals surface area contributed by atoms with E-state index in [0.717, 1.165) is 0 Å². The van der Waals surface area contributed by atoms with Crippen molar-refractivity contribution >= 4 is 21.6 Å². The number of amides is 1. The predicted molar refractivity (Wildman–Crippen MR) is 108 cm³/mol. The second kappa shape index (κ2) is 8.89. The number of carbonyl (C=O) groups is 1. The average molecular weight is 420 g/mol. The Hall–Kier alpha value is -2.49. The van der Waals surface area contributed by atoms with E-state index in [0.29, 0.717) is 35.7 Å². The van der Waals surface area contributed by atoms with Crippen molar-refractivity contribution in [3.05, 3.63) is 47.8 Å². The van der Waals surface area contributed by atoms with E-state index in [-0.39, 0.29) is 24.0 Å². The van der Waals surface area contributed by atoms with Gasteiger partial charge in [-0.3, -0.25) is 9.78 Å². The first-order valence-corrected chi connectivity index (χ1v) is 10.8. The summed E-state index contributed by atoms with van der Waals surface area (Å²) in [5.41, 5.74) is 1.66. The van der Waals surface area contributed by atoms with E-state index in [2.05, 4.69) is 10.3 Å². The third-order valence-corrected chi connectivity index (χ3v) is 6.88. The van der Waals surface area contributed by atoms with Crippen molar-refractivity contribution in [2.45, 2.75) is 31.2 Å². The van der Waals surface area contributed by atoms with E-state index in [1.807, 2.05) is 19.1 Å². The minimum atomic E-state index is -3.86. The highest BCUT2D eigenvalue weighted by Gasteiger charge is 2.33. The highest BCUT2D eigenvalue weighted by Crippen LogP contribution is 2.36. The topological polar surface area (TPSA) is 97.8 Å². The Balaban J connectivity index is 2.01. The monoisotopic (exact) mass is 419 g/mol. The van der Waals surface area contributed by atoms with Crippen LogP contribution >= 0.6 is 0 Å². The third-order valence-electron chi connectivity index (χ3n) is 4.77. The summed E-state index contributed by atoms with van der Waals surface area (Å²) in [5.74, 6) is 0.0774. The van der Waals surface area contributed by atoms with Gasteiger partial charge in [0.25, 0.3) is 5.91 Å². The van der Waals surface area contributed by atoms with Gasteiger partial charge in [-0.1, -0.05) is 6.07 Å². The van der Waals surface area contributed by atoms with Crippen molar-refractivity contribution in [2.75, 3.05) is 32.2 Å². The molecule has 1 aliphatic heterocycles. The van der Waals surface area contributed by atoms with E-state index in [1.54, 1.807) is 32.4 Å². The van der Waals surface area contributed by atoms with Crippen LogP contribution in [0.15, 0.2) is 41.4 Å². The number of nitrogens with zero attached hydrogens (tertiary/aromatic N) is 2. The van der Waals surface area contributed by atoms with Crippen molar-refractivity contribution in [3.8, 4) is 5.75 Å². The zero-order valence-corrected chi connectivity index (χ0v) is 17.5. The van der Waals surface area contributed by atoms with Gasteiger partial charge in [-0.05, 0) is 44.0 Å². The molecule has 1 aromatic heterocycles. The molecule has 2 aromatic rings. The quantitative estimate of drug-likeness (QED) is 0.660. The number of aryl methyl sites for hydroxylation is 1. The highest BCUT2D eigenvalue weighted by atomic mass is 32.2. The molecule has 2 heterocycles. The second-order valence-corrected chi connectivity index (χ2v) is 8.70. The third kappa shape index (κ3) is 4.58. The first-order valence-electron chi connectivity index (χ1n) is 9.33. The maximum absolute atomic E-state index is 13.6. The molecule has 0 spiro atoms. The number of hydrogen-bond donors (Lipinski definition) is 1. The van der Waals surface area contributed by atoms with Gasteiger partial charge >= 0.3 is 0 Å². The van der Waals surface area contributed by atoms with Crippen molar-refractivity contribution in [1.82, 2.24) is 9.29 Å². The Morgan fingerprint density at radius 3 is 2.83 bits per heavy atom. The molecule has 1 aliphatic rings.